The summed E-state index contributed by atoms with van der Waals surface area (Å²) in [5.74, 6) is -1.81. The van der Waals surface area contributed by atoms with Crippen molar-refractivity contribution in [2.45, 2.75) is 6.92 Å². The summed E-state index contributed by atoms with van der Waals surface area (Å²) in [4.78, 5) is 49.4. The molecule has 0 aliphatic carbocycles. The number of fused-ring (bicyclic) bond motifs is 1. The lowest BCUT2D eigenvalue weighted by Crippen LogP contribution is -2.38. The van der Waals surface area contributed by atoms with E-state index in [1.54, 1.807) is 29.8 Å². The predicted molar refractivity (Wildman–Crippen MR) is 119 cm³/mol. The number of aromatic nitrogens is 4. The molecule has 33 heavy (non-hydrogen) atoms. The van der Waals surface area contributed by atoms with Crippen LogP contribution in [0.15, 0.2) is 46.0 Å². The maximum absolute atomic E-state index is 13.2. The third kappa shape index (κ3) is 4.20. The summed E-state index contributed by atoms with van der Waals surface area (Å²) in [7, 11) is 2.72. The minimum absolute atomic E-state index is 0.0129. The van der Waals surface area contributed by atoms with E-state index in [0.717, 1.165) is 31.9 Å². The van der Waals surface area contributed by atoms with Gasteiger partial charge in [-0.1, -0.05) is 0 Å². The standard InChI is InChI=1S/C21H18FN5O5S/c1-11-14-8-15(33-19(14)27(24-11)13-6-4-12(22)5-7-13)20(30)32-10-17(28)23-16-9-18(29)26(3)21(31)25(16)2/h4-9H,10H2,1-3H3,(H,23,28). The van der Waals surface area contributed by atoms with Crippen molar-refractivity contribution in [1.29, 1.82) is 0 Å². The van der Waals surface area contributed by atoms with E-state index < -0.39 is 29.7 Å². The van der Waals surface area contributed by atoms with E-state index in [1.807, 2.05) is 0 Å². The molecule has 10 nitrogen and oxygen atoms in total. The summed E-state index contributed by atoms with van der Waals surface area (Å²) < 4.78 is 21.9. The molecule has 3 aromatic heterocycles. The van der Waals surface area contributed by atoms with Crippen LogP contribution in [0.3, 0.4) is 0 Å². The Labute approximate surface area is 189 Å². The van der Waals surface area contributed by atoms with E-state index in [4.69, 9.17) is 4.74 Å². The van der Waals surface area contributed by atoms with Crippen LogP contribution in [0.1, 0.15) is 15.4 Å². The molecule has 0 saturated carbocycles. The highest BCUT2D eigenvalue weighted by Gasteiger charge is 2.19. The van der Waals surface area contributed by atoms with Crippen molar-refractivity contribution in [2.24, 2.45) is 14.1 Å². The highest BCUT2D eigenvalue weighted by Crippen LogP contribution is 2.30. The third-order valence-corrected chi connectivity index (χ3v) is 6.04. The zero-order valence-corrected chi connectivity index (χ0v) is 18.6. The molecule has 0 saturated heterocycles. The second-order valence-electron chi connectivity index (χ2n) is 7.20. The quantitative estimate of drug-likeness (QED) is 0.443. The maximum atomic E-state index is 13.2. The number of aryl methyl sites for hydroxylation is 1. The van der Waals surface area contributed by atoms with Crippen molar-refractivity contribution >= 4 is 39.2 Å². The van der Waals surface area contributed by atoms with Crippen LogP contribution in [0.5, 0.6) is 0 Å². The Kier molecular flexibility index (Phi) is 5.68. The second-order valence-corrected chi connectivity index (χ2v) is 8.23. The topological polar surface area (TPSA) is 117 Å². The van der Waals surface area contributed by atoms with E-state index in [2.05, 4.69) is 10.4 Å². The molecule has 4 rings (SSSR count). The van der Waals surface area contributed by atoms with Crippen LogP contribution in [-0.4, -0.2) is 37.4 Å². The highest BCUT2D eigenvalue weighted by atomic mass is 32.1. The Hall–Kier alpha value is -4.06. The molecule has 4 aromatic rings. The first-order chi connectivity index (χ1) is 15.7. The maximum Gasteiger partial charge on any atom is 0.348 e. The molecule has 1 N–H and O–H groups in total. The van der Waals surface area contributed by atoms with Crippen LogP contribution in [0.25, 0.3) is 15.9 Å². The lowest BCUT2D eigenvalue weighted by molar-refractivity contribution is -0.119. The third-order valence-electron chi connectivity index (χ3n) is 4.94. The van der Waals surface area contributed by atoms with Crippen LogP contribution in [-0.2, 0) is 23.6 Å². The smallest absolute Gasteiger partial charge is 0.348 e. The van der Waals surface area contributed by atoms with Gasteiger partial charge in [-0.15, -0.1) is 11.3 Å². The normalized spacial score (nSPS) is 11.0. The summed E-state index contributed by atoms with van der Waals surface area (Å²) in [6, 6.07) is 8.50. The molecule has 1 aromatic carbocycles. The number of nitrogens with one attached hydrogen (secondary N) is 1. The molecule has 0 aliphatic rings. The van der Waals surface area contributed by atoms with Crippen molar-refractivity contribution in [3.8, 4) is 5.69 Å². The molecule has 0 spiro atoms. The number of halogens is 1. The number of nitrogens with zero attached hydrogens (tertiary/aromatic N) is 4. The fourth-order valence-corrected chi connectivity index (χ4v) is 4.22. The Morgan fingerprint density at radius 2 is 1.82 bits per heavy atom. The van der Waals surface area contributed by atoms with Gasteiger partial charge < -0.3 is 10.1 Å². The van der Waals surface area contributed by atoms with Gasteiger partial charge in [0.1, 0.15) is 21.3 Å². The number of carbonyl (C=O) groups excluding carboxylic acids is 2. The number of thiophene rings is 1. The number of ether oxygens (including phenoxy) is 1. The van der Waals surface area contributed by atoms with E-state index in [1.165, 1.54) is 26.2 Å². The number of hydrogen-bond acceptors (Lipinski definition) is 7. The summed E-state index contributed by atoms with van der Waals surface area (Å²) >= 11 is 1.13. The van der Waals surface area contributed by atoms with Crippen molar-refractivity contribution < 1.29 is 18.7 Å². The van der Waals surface area contributed by atoms with Crippen LogP contribution in [0.2, 0.25) is 0 Å². The summed E-state index contributed by atoms with van der Waals surface area (Å²) in [6.45, 7) is 1.17. The van der Waals surface area contributed by atoms with Gasteiger partial charge in [0.15, 0.2) is 6.61 Å². The molecule has 0 aliphatic heterocycles. The Morgan fingerprint density at radius 3 is 2.52 bits per heavy atom. The van der Waals surface area contributed by atoms with Gasteiger partial charge in [-0.2, -0.15) is 5.10 Å². The van der Waals surface area contributed by atoms with Crippen LogP contribution >= 0.6 is 11.3 Å². The zero-order valence-electron chi connectivity index (χ0n) is 17.8. The lowest BCUT2D eigenvalue weighted by Gasteiger charge is -2.10. The minimum Gasteiger partial charge on any atom is -0.451 e. The lowest BCUT2D eigenvalue weighted by atomic mass is 10.3. The van der Waals surface area contributed by atoms with Gasteiger partial charge in [-0.25, -0.2) is 18.7 Å². The van der Waals surface area contributed by atoms with E-state index in [-0.39, 0.29) is 16.5 Å². The van der Waals surface area contributed by atoms with Gasteiger partial charge in [0.2, 0.25) is 0 Å². The molecular weight excluding hydrogens is 453 g/mol. The largest absolute Gasteiger partial charge is 0.451 e. The number of amides is 1. The highest BCUT2D eigenvalue weighted by molar-refractivity contribution is 7.20. The van der Waals surface area contributed by atoms with Crippen LogP contribution < -0.4 is 16.6 Å². The SMILES string of the molecule is Cc1nn(-c2ccc(F)cc2)c2sc(C(=O)OCC(=O)Nc3cc(=O)n(C)c(=O)n3C)cc12. The van der Waals surface area contributed by atoms with E-state index in [0.29, 0.717) is 16.2 Å². The van der Waals surface area contributed by atoms with Gasteiger partial charge in [-0.3, -0.25) is 18.7 Å². The van der Waals surface area contributed by atoms with Gasteiger partial charge in [0.05, 0.1) is 11.4 Å². The molecule has 0 fully saturated rings. The monoisotopic (exact) mass is 471 g/mol. The molecule has 0 unspecified atom stereocenters. The molecule has 3 heterocycles. The van der Waals surface area contributed by atoms with Crippen molar-refractivity contribution in [2.75, 3.05) is 11.9 Å². The van der Waals surface area contributed by atoms with E-state index >= 15 is 0 Å². The first-order valence-electron chi connectivity index (χ1n) is 9.65. The van der Waals surface area contributed by atoms with Crippen molar-refractivity contribution in [3.63, 3.8) is 0 Å². The van der Waals surface area contributed by atoms with Crippen LogP contribution in [0.4, 0.5) is 10.2 Å². The molecule has 0 atom stereocenters. The first-order valence-corrected chi connectivity index (χ1v) is 10.5. The average molecular weight is 471 g/mol. The summed E-state index contributed by atoms with van der Waals surface area (Å²) in [5, 5.41) is 7.55. The van der Waals surface area contributed by atoms with Gasteiger partial charge in [0.25, 0.3) is 11.5 Å². The molecule has 170 valence electrons. The Balaban J connectivity index is 1.49. The number of rotatable bonds is 5. The molecule has 0 radical (unpaired) electrons. The fraction of sp³-hybridized carbons (Fsp3) is 0.190. The average Bonchev–Trinajstić information content (AvgIpc) is 3.35. The van der Waals surface area contributed by atoms with E-state index in [9.17, 15) is 23.6 Å². The zero-order chi connectivity index (χ0) is 23.9. The van der Waals surface area contributed by atoms with Gasteiger partial charge in [0, 0.05) is 25.5 Å². The number of esters is 1. The predicted octanol–water partition coefficient (Wildman–Crippen LogP) is 1.73. The Bertz CT molecular complexity index is 1510. The molecule has 12 heteroatoms. The Morgan fingerprint density at radius 1 is 1.12 bits per heavy atom. The van der Waals surface area contributed by atoms with Gasteiger partial charge >= 0.3 is 11.7 Å². The number of carbonyl (C=O) groups is 2. The van der Waals surface area contributed by atoms with Crippen molar-refractivity contribution in [3.05, 3.63) is 73.6 Å². The molecule has 1 amide bonds. The molecule has 0 bridgehead atoms. The van der Waals surface area contributed by atoms with Gasteiger partial charge in [-0.05, 0) is 37.3 Å². The number of hydrogen-bond donors (Lipinski definition) is 1. The molecular formula is C21H18FN5O5S. The fourth-order valence-electron chi connectivity index (χ4n) is 3.14. The summed E-state index contributed by atoms with van der Waals surface area (Å²) in [5.41, 5.74) is 0.121. The summed E-state index contributed by atoms with van der Waals surface area (Å²) in [6.07, 6.45) is 0. The van der Waals surface area contributed by atoms with Crippen LogP contribution in [0, 0.1) is 12.7 Å². The number of anilines is 1. The minimum atomic E-state index is -0.714. The number of benzene rings is 1. The van der Waals surface area contributed by atoms with Crippen molar-refractivity contribution in [1.82, 2.24) is 18.9 Å². The first kappa shape index (κ1) is 22.1. The second kappa shape index (κ2) is 8.47.